The highest BCUT2D eigenvalue weighted by Gasteiger charge is 2.18. The Morgan fingerprint density at radius 2 is 1.08 bits per heavy atom. The number of rotatable bonds is 2. The van der Waals surface area contributed by atoms with Gasteiger partial charge < -0.3 is 8.83 Å². The van der Waals surface area contributed by atoms with Gasteiger partial charge in [0, 0.05) is 10.8 Å². The maximum absolute atomic E-state index is 9.12. The van der Waals surface area contributed by atoms with E-state index >= 15 is 0 Å². The van der Waals surface area contributed by atoms with Crippen molar-refractivity contribution in [1.29, 1.82) is 0 Å². The van der Waals surface area contributed by atoms with Crippen LogP contribution in [0, 0.1) is 0 Å². The summed E-state index contributed by atoms with van der Waals surface area (Å²) in [5, 5.41) is 1.26. The Bertz CT molecular complexity index is 2710. The van der Waals surface area contributed by atoms with E-state index in [1.165, 1.54) is 0 Å². The van der Waals surface area contributed by atoms with Gasteiger partial charge in [0.2, 0.25) is 0 Å². The lowest BCUT2D eigenvalue weighted by molar-refractivity contribution is 0.615. The first-order valence-corrected chi connectivity index (χ1v) is 11.1. The molecule has 2 heterocycles. The fourth-order valence-corrected chi connectivity index (χ4v) is 4.97. The zero-order chi connectivity index (χ0) is 35.0. The summed E-state index contributed by atoms with van der Waals surface area (Å²) < 4.78 is 125. The highest BCUT2D eigenvalue weighted by molar-refractivity contribution is 6.22. The summed E-state index contributed by atoms with van der Waals surface area (Å²) in [5.74, 6) is 0. The highest BCUT2D eigenvalue weighted by atomic mass is 16.3. The first kappa shape index (κ1) is 10.8. The SMILES string of the molecule is [2H]c1c([2H])c([2H])c(-c2c3c([2H])c([2H])c([2H])c([2H])c3c(-c3ccc4oc5c6ccoc6ccc5c4c3)c3c([2H])c([2H])c([2H])c([2H])c23)c([2H])c1[2H]. The molecule has 0 aliphatic carbocycles. The van der Waals surface area contributed by atoms with Gasteiger partial charge in [0.25, 0.3) is 0 Å². The Morgan fingerprint density at radius 1 is 0.472 bits per heavy atom. The molecule has 0 aliphatic rings. The van der Waals surface area contributed by atoms with Crippen LogP contribution in [-0.2, 0) is 0 Å². The predicted octanol–water partition coefficient (Wildman–Crippen LogP) is 9.97. The standard InChI is InChI=1S/C34H20O2/c1-2-8-21(9-3-1)32-23-10-4-6-12-25(23)33(26-13-7-5-11-24(26)32)22-14-16-31-29(20-22)27-15-17-30-28(18-19-35-30)34(27)36-31/h1-20H/i1D,2D,3D,4D,5D,6D,7D,8D,9D,10D,11D,12D,13D. The molecule has 8 rings (SSSR count). The molecule has 36 heavy (non-hydrogen) atoms. The van der Waals surface area contributed by atoms with Crippen LogP contribution in [0.15, 0.2) is 130 Å². The number of fused-ring (bicyclic) bond motifs is 7. The Labute approximate surface area is 225 Å². The van der Waals surface area contributed by atoms with Crippen LogP contribution in [-0.4, -0.2) is 0 Å². The van der Waals surface area contributed by atoms with E-state index in [9.17, 15) is 0 Å². The van der Waals surface area contributed by atoms with Crippen LogP contribution >= 0.6 is 0 Å². The quantitative estimate of drug-likeness (QED) is 0.233. The number of benzene rings is 6. The maximum atomic E-state index is 9.12. The molecule has 0 fully saturated rings. The molecule has 8 aromatic rings. The van der Waals surface area contributed by atoms with Crippen molar-refractivity contribution < 1.29 is 26.7 Å². The van der Waals surface area contributed by atoms with Gasteiger partial charge in [-0.3, -0.25) is 0 Å². The van der Waals surface area contributed by atoms with Gasteiger partial charge in [-0.05, 0) is 74.1 Å². The van der Waals surface area contributed by atoms with E-state index in [4.69, 9.17) is 26.7 Å². The third-order valence-corrected chi connectivity index (χ3v) is 6.48. The molecule has 0 saturated carbocycles. The van der Waals surface area contributed by atoms with E-state index in [0.717, 1.165) is 5.39 Å². The molecule has 0 spiro atoms. The first-order valence-electron chi connectivity index (χ1n) is 17.6. The lowest BCUT2D eigenvalue weighted by Gasteiger charge is -2.17. The zero-order valence-corrected chi connectivity index (χ0v) is 18.4. The van der Waals surface area contributed by atoms with Crippen LogP contribution in [0.2, 0.25) is 0 Å². The molecule has 2 nitrogen and oxygen atoms in total. The van der Waals surface area contributed by atoms with Crippen LogP contribution in [0.5, 0.6) is 0 Å². The van der Waals surface area contributed by atoms with E-state index < -0.39 is 84.1 Å². The van der Waals surface area contributed by atoms with Gasteiger partial charge in [0.05, 0.1) is 29.5 Å². The number of furan rings is 2. The molecule has 2 heteroatoms. The summed E-state index contributed by atoms with van der Waals surface area (Å²) in [5.41, 5.74) is 1.26. The van der Waals surface area contributed by atoms with Gasteiger partial charge in [-0.1, -0.05) is 84.6 Å². The van der Waals surface area contributed by atoms with Crippen molar-refractivity contribution in [2.75, 3.05) is 0 Å². The molecule has 0 aliphatic heterocycles. The third-order valence-electron chi connectivity index (χ3n) is 6.48. The van der Waals surface area contributed by atoms with Crippen molar-refractivity contribution >= 4 is 54.5 Å². The van der Waals surface area contributed by atoms with Crippen molar-refractivity contribution in [2.24, 2.45) is 0 Å². The van der Waals surface area contributed by atoms with Gasteiger partial charge in [-0.25, -0.2) is 0 Å². The summed E-state index contributed by atoms with van der Waals surface area (Å²) in [6, 6.07) is 1.98. The largest absolute Gasteiger partial charge is 0.464 e. The summed E-state index contributed by atoms with van der Waals surface area (Å²) in [7, 11) is 0. The fraction of sp³-hybridized carbons (Fsp3) is 0. The van der Waals surface area contributed by atoms with E-state index in [1.807, 2.05) is 6.07 Å². The van der Waals surface area contributed by atoms with E-state index in [2.05, 4.69) is 0 Å². The van der Waals surface area contributed by atoms with Crippen molar-refractivity contribution in [3.8, 4) is 22.3 Å². The minimum absolute atomic E-state index is 0.0563. The molecule has 168 valence electrons. The van der Waals surface area contributed by atoms with Gasteiger partial charge in [0.15, 0.2) is 0 Å². The Morgan fingerprint density at radius 3 is 1.78 bits per heavy atom. The maximum Gasteiger partial charge on any atom is 0.146 e. The van der Waals surface area contributed by atoms with Crippen LogP contribution in [0.4, 0.5) is 0 Å². The smallest absolute Gasteiger partial charge is 0.146 e. The third kappa shape index (κ3) is 2.67. The molecule has 0 amide bonds. The topological polar surface area (TPSA) is 26.3 Å². The number of hydrogen-bond donors (Lipinski definition) is 0. The summed E-state index contributed by atoms with van der Waals surface area (Å²) in [6.07, 6.45) is 1.54. The van der Waals surface area contributed by atoms with E-state index in [1.54, 1.807) is 36.6 Å². The normalized spacial score (nSPS) is 16.9. The van der Waals surface area contributed by atoms with Crippen LogP contribution < -0.4 is 0 Å². The van der Waals surface area contributed by atoms with Gasteiger partial charge in [-0.2, -0.15) is 0 Å². The fourth-order valence-electron chi connectivity index (χ4n) is 4.97. The molecule has 0 bridgehead atoms. The number of hydrogen-bond acceptors (Lipinski definition) is 2. The highest BCUT2D eigenvalue weighted by Crippen LogP contribution is 2.45. The molecular formula is C34H20O2. The van der Waals surface area contributed by atoms with E-state index in [-0.39, 0.29) is 32.7 Å². The average Bonchev–Trinajstić information content (AvgIpc) is 3.73. The van der Waals surface area contributed by atoms with Crippen molar-refractivity contribution in [2.45, 2.75) is 0 Å². The Balaban J connectivity index is 1.67. The first-order chi connectivity index (χ1) is 23.3. The second kappa shape index (κ2) is 7.34. The molecule has 0 radical (unpaired) electrons. The molecule has 2 aromatic heterocycles. The molecule has 0 saturated heterocycles. The minimum atomic E-state index is -0.716. The Hall–Kier alpha value is -4.82. The average molecular weight is 474 g/mol. The van der Waals surface area contributed by atoms with Crippen molar-refractivity contribution in [3.63, 3.8) is 0 Å². The predicted molar refractivity (Wildman–Crippen MR) is 149 cm³/mol. The summed E-state index contributed by atoms with van der Waals surface area (Å²) in [6.45, 7) is 0. The summed E-state index contributed by atoms with van der Waals surface area (Å²) >= 11 is 0. The lowest BCUT2D eigenvalue weighted by atomic mass is 9.86. The second-order valence-corrected chi connectivity index (χ2v) is 8.34. The van der Waals surface area contributed by atoms with Gasteiger partial charge >= 0.3 is 0 Å². The van der Waals surface area contributed by atoms with Crippen molar-refractivity contribution in [1.82, 2.24) is 0 Å². The lowest BCUT2D eigenvalue weighted by Crippen LogP contribution is -1.90. The summed E-state index contributed by atoms with van der Waals surface area (Å²) in [4.78, 5) is 0. The zero-order valence-electron chi connectivity index (χ0n) is 31.4. The molecule has 0 N–H and O–H groups in total. The van der Waals surface area contributed by atoms with Crippen LogP contribution in [0.1, 0.15) is 17.8 Å². The minimum Gasteiger partial charge on any atom is -0.464 e. The van der Waals surface area contributed by atoms with E-state index in [0.29, 0.717) is 33.1 Å². The van der Waals surface area contributed by atoms with Crippen LogP contribution in [0.3, 0.4) is 0 Å². The van der Waals surface area contributed by atoms with Crippen molar-refractivity contribution in [3.05, 3.63) is 121 Å². The monoisotopic (exact) mass is 473 g/mol. The molecule has 6 aromatic carbocycles. The van der Waals surface area contributed by atoms with Gasteiger partial charge in [-0.15, -0.1) is 0 Å². The molecular weight excluding hydrogens is 440 g/mol. The Kier molecular flexibility index (Phi) is 2.21. The molecule has 0 atom stereocenters. The van der Waals surface area contributed by atoms with Crippen LogP contribution in [0.25, 0.3) is 76.7 Å². The van der Waals surface area contributed by atoms with Gasteiger partial charge in [0.1, 0.15) is 16.7 Å². The second-order valence-electron chi connectivity index (χ2n) is 8.34. The molecule has 0 unspecified atom stereocenters.